The van der Waals surface area contributed by atoms with Gasteiger partial charge >= 0.3 is 0 Å². The minimum Gasteiger partial charge on any atom is -0.340 e. The Labute approximate surface area is 182 Å². The van der Waals surface area contributed by atoms with E-state index in [4.69, 9.17) is 5.73 Å². The first-order chi connectivity index (χ1) is 14.0. The lowest BCUT2D eigenvalue weighted by Gasteiger charge is -2.34. The van der Waals surface area contributed by atoms with Crippen LogP contribution >= 0.6 is 12.4 Å². The molecule has 0 aromatic heterocycles. The van der Waals surface area contributed by atoms with Crippen LogP contribution in [0.25, 0.3) is 0 Å². The Kier molecular flexibility index (Phi) is 7.10. The van der Waals surface area contributed by atoms with E-state index in [9.17, 15) is 14.0 Å². The summed E-state index contributed by atoms with van der Waals surface area (Å²) in [4.78, 5) is 29.5. The summed E-state index contributed by atoms with van der Waals surface area (Å²) in [5.41, 5.74) is 7.95. The minimum absolute atomic E-state index is 0. The molecule has 2 fully saturated rings. The van der Waals surface area contributed by atoms with Gasteiger partial charge < -0.3 is 15.5 Å². The van der Waals surface area contributed by atoms with Gasteiger partial charge in [0.25, 0.3) is 5.91 Å². The van der Waals surface area contributed by atoms with Gasteiger partial charge in [-0.05, 0) is 42.7 Å². The van der Waals surface area contributed by atoms with E-state index in [1.165, 1.54) is 24.3 Å². The van der Waals surface area contributed by atoms with Crippen LogP contribution in [0.5, 0.6) is 0 Å². The van der Waals surface area contributed by atoms with Gasteiger partial charge in [-0.25, -0.2) is 4.39 Å². The zero-order valence-electron chi connectivity index (χ0n) is 16.7. The number of likely N-dealkylation sites (tertiary alicyclic amines) is 2. The summed E-state index contributed by atoms with van der Waals surface area (Å²) in [7, 11) is 0. The zero-order chi connectivity index (χ0) is 20.4. The molecule has 7 heteroatoms. The fourth-order valence-electron chi connectivity index (χ4n) is 4.46. The first-order valence-electron chi connectivity index (χ1n) is 10.2. The molecular formula is C23H27ClFN3O2. The van der Waals surface area contributed by atoms with Crippen molar-refractivity contribution >= 4 is 24.2 Å². The summed E-state index contributed by atoms with van der Waals surface area (Å²) in [6, 6.07) is 15.6. The van der Waals surface area contributed by atoms with E-state index in [0.29, 0.717) is 31.7 Å². The van der Waals surface area contributed by atoms with Gasteiger partial charge in [-0.15, -0.1) is 12.4 Å². The molecule has 2 aliphatic heterocycles. The predicted molar refractivity (Wildman–Crippen MR) is 116 cm³/mol. The second-order valence-corrected chi connectivity index (χ2v) is 8.02. The van der Waals surface area contributed by atoms with Crippen LogP contribution in [-0.2, 0) is 4.79 Å². The molecule has 2 aromatic carbocycles. The fraction of sp³-hybridized carbons (Fsp3) is 0.391. The SMILES string of the molecule is Cl.N[C@@H]1CN(C(=O)C2CCCN(C(=O)c3ccc(F)cc3)C2)C[C@H]1c1ccccc1. The Hall–Kier alpha value is -2.44. The number of nitrogens with zero attached hydrogens (tertiary/aromatic N) is 2. The number of amides is 2. The first-order valence-corrected chi connectivity index (χ1v) is 10.2. The molecule has 2 saturated heterocycles. The maximum atomic E-state index is 13.2. The molecule has 160 valence electrons. The zero-order valence-corrected chi connectivity index (χ0v) is 17.6. The maximum Gasteiger partial charge on any atom is 0.253 e. The van der Waals surface area contributed by atoms with Crippen molar-refractivity contribution in [3.05, 3.63) is 71.5 Å². The van der Waals surface area contributed by atoms with E-state index in [-0.39, 0.29) is 47.9 Å². The van der Waals surface area contributed by atoms with Crippen molar-refractivity contribution in [2.24, 2.45) is 11.7 Å². The highest BCUT2D eigenvalue weighted by atomic mass is 35.5. The standard InChI is InChI=1S/C23H26FN3O2.ClH/c24-19-10-8-17(9-11-19)22(28)26-12-4-7-18(13-26)23(29)27-14-20(21(25)15-27)16-5-2-1-3-6-16;/h1-3,5-6,8-11,18,20-21H,4,7,12-15,25H2;1H/t18?,20-,21+;/m0./s1. The maximum absolute atomic E-state index is 13.2. The molecule has 0 saturated carbocycles. The number of halogens is 2. The van der Waals surface area contributed by atoms with Gasteiger partial charge in [-0.1, -0.05) is 30.3 Å². The Bertz CT molecular complexity index is 878. The predicted octanol–water partition coefficient (Wildman–Crippen LogP) is 3.05. The first kappa shape index (κ1) is 22.2. The summed E-state index contributed by atoms with van der Waals surface area (Å²) in [5.74, 6) is -0.513. The molecule has 0 bridgehead atoms. The molecule has 2 aromatic rings. The summed E-state index contributed by atoms with van der Waals surface area (Å²) < 4.78 is 13.1. The molecule has 4 rings (SSSR count). The highest BCUT2D eigenvalue weighted by Crippen LogP contribution is 2.29. The Morgan fingerprint density at radius 3 is 2.33 bits per heavy atom. The van der Waals surface area contributed by atoms with Crippen LogP contribution in [0.3, 0.4) is 0 Å². The molecule has 0 spiro atoms. The lowest BCUT2D eigenvalue weighted by Crippen LogP contribution is -2.46. The number of piperidine rings is 1. The average molecular weight is 432 g/mol. The van der Waals surface area contributed by atoms with Gasteiger partial charge in [0.2, 0.25) is 5.91 Å². The Balaban J connectivity index is 0.00000256. The summed E-state index contributed by atoms with van der Waals surface area (Å²) in [6.45, 7) is 2.18. The molecule has 0 aliphatic carbocycles. The number of carbonyl (C=O) groups is 2. The molecule has 2 aliphatic rings. The Morgan fingerprint density at radius 1 is 0.933 bits per heavy atom. The molecule has 5 nitrogen and oxygen atoms in total. The molecule has 2 heterocycles. The van der Waals surface area contributed by atoms with E-state index in [2.05, 4.69) is 12.1 Å². The van der Waals surface area contributed by atoms with Gasteiger partial charge in [0.1, 0.15) is 5.82 Å². The Morgan fingerprint density at radius 2 is 1.63 bits per heavy atom. The second kappa shape index (κ2) is 9.58. The van der Waals surface area contributed by atoms with Gasteiger partial charge in [-0.2, -0.15) is 0 Å². The molecule has 0 radical (unpaired) electrons. The van der Waals surface area contributed by atoms with Crippen LogP contribution < -0.4 is 5.73 Å². The number of benzene rings is 2. The van der Waals surface area contributed by atoms with Crippen molar-refractivity contribution in [3.63, 3.8) is 0 Å². The van der Waals surface area contributed by atoms with Gasteiger partial charge in [0, 0.05) is 43.7 Å². The van der Waals surface area contributed by atoms with Crippen molar-refractivity contribution in [2.75, 3.05) is 26.2 Å². The number of hydrogen-bond acceptors (Lipinski definition) is 3. The molecule has 1 unspecified atom stereocenters. The minimum atomic E-state index is -0.369. The normalized spacial score (nSPS) is 23.7. The summed E-state index contributed by atoms with van der Waals surface area (Å²) in [5, 5.41) is 0. The van der Waals surface area contributed by atoms with E-state index in [1.807, 2.05) is 23.1 Å². The van der Waals surface area contributed by atoms with Crippen molar-refractivity contribution in [3.8, 4) is 0 Å². The van der Waals surface area contributed by atoms with E-state index < -0.39 is 0 Å². The lowest BCUT2D eigenvalue weighted by atomic mass is 9.95. The number of hydrogen-bond donors (Lipinski definition) is 1. The van der Waals surface area contributed by atoms with Gasteiger partial charge in [-0.3, -0.25) is 9.59 Å². The molecule has 2 N–H and O–H groups in total. The van der Waals surface area contributed by atoms with Crippen LogP contribution in [0, 0.1) is 11.7 Å². The van der Waals surface area contributed by atoms with Crippen molar-refractivity contribution in [1.29, 1.82) is 0 Å². The summed E-state index contributed by atoms with van der Waals surface area (Å²) in [6.07, 6.45) is 1.55. The quantitative estimate of drug-likeness (QED) is 0.812. The van der Waals surface area contributed by atoms with E-state index in [0.717, 1.165) is 18.4 Å². The molecular weight excluding hydrogens is 405 g/mol. The third-order valence-corrected chi connectivity index (χ3v) is 6.05. The highest BCUT2D eigenvalue weighted by molar-refractivity contribution is 5.94. The van der Waals surface area contributed by atoms with Crippen LogP contribution in [-0.4, -0.2) is 53.8 Å². The second-order valence-electron chi connectivity index (χ2n) is 8.02. The van der Waals surface area contributed by atoms with Crippen molar-refractivity contribution in [1.82, 2.24) is 9.80 Å². The van der Waals surface area contributed by atoms with E-state index >= 15 is 0 Å². The number of rotatable bonds is 3. The number of nitrogens with two attached hydrogens (primary N) is 1. The smallest absolute Gasteiger partial charge is 0.253 e. The van der Waals surface area contributed by atoms with Crippen molar-refractivity contribution < 1.29 is 14.0 Å². The lowest BCUT2D eigenvalue weighted by molar-refractivity contribution is -0.135. The summed E-state index contributed by atoms with van der Waals surface area (Å²) >= 11 is 0. The van der Waals surface area contributed by atoms with Crippen LogP contribution in [0.2, 0.25) is 0 Å². The largest absolute Gasteiger partial charge is 0.340 e. The van der Waals surface area contributed by atoms with Crippen LogP contribution in [0.1, 0.15) is 34.7 Å². The topological polar surface area (TPSA) is 66.6 Å². The van der Waals surface area contributed by atoms with Crippen molar-refractivity contribution in [2.45, 2.75) is 24.8 Å². The highest BCUT2D eigenvalue weighted by Gasteiger charge is 2.38. The van der Waals surface area contributed by atoms with Crippen LogP contribution in [0.15, 0.2) is 54.6 Å². The molecule has 30 heavy (non-hydrogen) atoms. The number of carbonyl (C=O) groups excluding carboxylic acids is 2. The van der Waals surface area contributed by atoms with Crippen LogP contribution in [0.4, 0.5) is 4.39 Å². The fourth-order valence-corrected chi connectivity index (χ4v) is 4.46. The monoisotopic (exact) mass is 431 g/mol. The van der Waals surface area contributed by atoms with Gasteiger partial charge in [0.05, 0.1) is 5.92 Å². The molecule has 2 amide bonds. The van der Waals surface area contributed by atoms with Gasteiger partial charge in [0.15, 0.2) is 0 Å². The third kappa shape index (κ3) is 4.65. The third-order valence-electron chi connectivity index (χ3n) is 6.05. The van der Waals surface area contributed by atoms with E-state index in [1.54, 1.807) is 4.90 Å². The molecule has 3 atom stereocenters. The average Bonchev–Trinajstić information content (AvgIpc) is 3.15.